The minimum Gasteiger partial charge on any atom is -0.370 e. The number of nitrogen functional groups attached to an aromatic ring is 1. The van der Waals surface area contributed by atoms with E-state index in [2.05, 4.69) is 20.9 Å². The standard InChI is InChI=1S/C14H17BrN4O2/c15-10-2-3-11-12(8-10)19(14(16)17-11)5-1-4-18-6-7-21-9-13(18)20/h2-3,8H,1,4-7,9H2,(H2,16,17). The maximum absolute atomic E-state index is 11.7. The molecule has 7 heteroatoms. The number of halogens is 1. The summed E-state index contributed by atoms with van der Waals surface area (Å²) < 4.78 is 8.11. The van der Waals surface area contributed by atoms with Crippen molar-refractivity contribution in [2.24, 2.45) is 0 Å². The molecule has 1 aromatic carbocycles. The van der Waals surface area contributed by atoms with E-state index in [1.54, 1.807) is 0 Å². The number of anilines is 1. The molecule has 1 aliphatic rings. The van der Waals surface area contributed by atoms with Crippen LogP contribution in [0, 0.1) is 0 Å². The van der Waals surface area contributed by atoms with Crippen LogP contribution in [0.1, 0.15) is 6.42 Å². The summed E-state index contributed by atoms with van der Waals surface area (Å²) in [6.07, 6.45) is 0.841. The number of aryl methyl sites for hydroxylation is 1. The minimum absolute atomic E-state index is 0.0625. The number of imidazole rings is 1. The van der Waals surface area contributed by atoms with Crippen LogP contribution in [0.15, 0.2) is 22.7 Å². The van der Waals surface area contributed by atoms with Gasteiger partial charge >= 0.3 is 0 Å². The Hall–Kier alpha value is -1.60. The summed E-state index contributed by atoms with van der Waals surface area (Å²) in [4.78, 5) is 17.9. The quantitative estimate of drug-likeness (QED) is 0.907. The van der Waals surface area contributed by atoms with Crippen LogP contribution in [0.4, 0.5) is 5.95 Å². The predicted octanol–water partition coefficient (Wildman–Crippen LogP) is 1.63. The first-order valence-corrected chi connectivity index (χ1v) is 7.71. The van der Waals surface area contributed by atoms with E-state index >= 15 is 0 Å². The van der Waals surface area contributed by atoms with E-state index in [0.29, 0.717) is 19.1 Å². The molecular weight excluding hydrogens is 336 g/mol. The number of carbonyl (C=O) groups is 1. The molecule has 0 radical (unpaired) electrons. The molecule has 1 amide bonds. The van der Waals surface area contributed by atoms with Gasteiger partial charge in [0.25, 0.3) is 0 Å². The van der Waals surface area contributed by atoms with Crippen molar-refractivity contribution < 1.29 is 9.53 Å². The highest BCUT2D eigenvalue weighted by molar-refractivity contribution is 9.10. The van der Waals surface area contributed by atoms with E-state index in [9.17, 15) is 4.79 Å². The van der Waals surface area contributed by atoms with E-state index in [1.165, 1.54) is 0 Å². The van der Waals surface area contributed by atoms with Crippen LogP contribution >= 0.6 is 15.9 Å². The number of fused-ring (bicyclic) bond motifs is 1. The van der Waals surface area contributed by atoms with E-state index in [0.717, 1.165) is 35.0 Å². The molecule has 0 aliphatic carbocycles. The van der Waals surface area contributed by atoms with Gasteiger partial charge < -0.3 is 19.9 Å². The number of hydrogen-bond donors (Lipinski definition) is 1. The minimum atomic E-state index is 0.0625. The van der Waals surface area contributed by atoms with Gasteiger partial charge in [0.2, 0.25) is 11.9 Å². The molecule has 0 saturated carbocycles. The summed E-state index contributed by atoms with van der Waals surface area (Å²) in [5, 5.41) is 0. The van der Waals surface area contributed by atoms with Crippen LogP contribution in [-0.2, 0) is 16.1 Å². The second kappa shape index (κ2) is 6.03. The lowest BCUT2D eigenvalue weighted by Gasteiger charge is -2.26. The maximum Gasteiger partial charge on any atom is 0.248 e. The van der Waals surface area contributed by atoms with E-state index in [-0.39, 0.29) is 12.5 Å². The molecule has 0 bridgehead atoms. The molecule has 112 valence electrons. The Labute approximate surface area is 131 Å². The number of rotatable bonds is 4. The monoisotopic (exact) mass is 352 g/mol. The molecule has 0 spiro atoms. The molecule has 2 heterocycles. The summed E-state index contributed by atoms with van der Waals surface area (Å²) in [7, 11) is 0. The van der Waals surface area contributed by atoms with Gasteiger partial charge in [-0.2, -0.15) is 0 Å². The highest BCUT2D eigenvalue weighted by Gasteiger charge is 2.18. The molecule has 2 aromatic rings. The van der Waals surface area contributed by atoms with Crippen molar-refractivity contribution in [3.8, 4) is 0 Å². The first kappa shape index (κ1) is 14.3. The molecule has 1 aromatic heterocycles. The number of hydrogen-bond acceptors (Lipinski definition) is 4. The average molecular weight is 353 g/mol. The molecular formula is C14H17BrN4O2. The zero-order valence-electron chi connectivity index (χ0n) is 11.6. The van der Waals surface area contributed by atoms with Crippen molar-refractivity contribution in [3.05, 3.63) is 22.7 Å². The lowest BCUT2D eigenvalue weighted by molar-refractivity contribution is -0.142. The third-order valence-electron chi connectivity index (χ3n) is 3.63. The summed E-state index contributed by atoms with van der Waals surface area (Å²) >= 11 is 3.47. The highest BCUT2D eigenvalue weighted by atomic mass is 79.9. The van der Waals surface area contributed by atoms with Gasteiger partial charge in [0.05, 0.1) is 17.6 Å². The Kier molecular flexibility index (Phi) is 4.12. The zero-order valence-corrected chi connectivity index (χ0v) is 13.2. The predicted molar refractivity (Wildman–Crippen MR) is 83.9 cm³/mol. The van der Waals surface area contributed by atoms with E-state index in [4.69, 9.17) is 10.5 Å². The Morgan fingerprint density at radius 2 is 2.24 bits per heavy atom. The van der Waals surface area contributed by atoms with Crippen LogP contribution < -0.4 is 5.73 Å². The molecule has 6 nitrogen and oxygen atoms in total. The molecule has 1 aliphatic heterocycles. The second-order valence-electron chi connectivity index (χ2n) is 5.04. The fourth-order valence-electron chi connectivity index (χ4n) is 2.56. The van der Waals surface area contributed by atoms with Crippen LogP contribution in [0.25, 0.3) is 11.0 Å². The summed E-state index contributed by atoms with van der Waals surface area (Å²) in [5.74, 6) is 0.573. The molecule has 21 heavy (non-hydrogen) atoms. The lowest BCUT2D eigenvalue weighted by Crippen LogP contribution is -2.42. The Morgan fingerprint density at radius 1 is 1.38 bits per heavy atom. The van der Waals surface area contributed by atoms with Crippen molar-refractivity contribution in [2.75, 3.05) is 32.0 Å². The Morgan fingerprint density at radius 3 is 3.05 bits per heavy atom. The highest BCUT2D eigenvalue weighted by Crippen LogP contribution is 2.22. The third-order valence-corrected chi connectivity index (χ3v) is 4.13. The summed E-state index contributed by atoms with van der Waals surface area (Å²) in [6.45, 7) is 2.95. The maximum atomic E-state index is 11.7. The van der Waals surface area contributed by atoms with Gasteiger partial charge in [-0.15, -0.1) is 0 Å². The number of nitrogens with two attached hydrogens (primary N) is 1. The van der Waals surface area contributed by atoms with Crippen molar-refractivity contribution in [2.45, 2.75) is 13.0 Å². The van der Waals surface area contributed by atoms with Crippen LogP contribution in [-0.4, -0.2) is 46.7 Å². The molecule has 0 unspecified atom stereocenters. The molecule has 0 atom stereocenters. The van der Waals surface area contributed by atoms with Crippen molar-refractivity contribution in [3.63, 3.8) is 0 Å². The van der Waals surface area contributed by atoms with Gasteiger partial charge in [0, 0.05) is 24.1 Å². The number of aromatic nitrogens is 2. The van der Waals surface area contributed by atoms with Gasteiger partial charge in [0.15, 0.2) is 0 Å². The lowest BCUT2D eigenvalue weighted by atomic mass is 10.3. The number of carbonyl (C=O) groups excluding carboxylic acids is 1. The topological polar surface area (TPSA) is 73.4 Å². The average Bonchev–Trinajstić information content (AvgIpc) is 2.77. The molecule has 1 fully saturated rings. The largest absolute Gasteiger partial charge is 0.370 e. The number of benzene rings is 1. The van der Waals surface area contributed by atoms with Gasteiger partial charge in [-0.3, -0.25) is 4.79 Å². The van der Waals surface area contributed by atoms with Crippen LogP contribution in [0.2, 0.25) is 0 Å². The fourth-order valence-corrected chi connectivity index (χ4v) is 2.90. The van der Waals surface area contributed by atoms with Gasteiger partial charge in [-0.25, -0.2) is 4.98 Å². The zero-order chi connectivity index (χ0) is 14.8. The number of amides is 1. The van der Waals surface area contributed by atoms with E-state index in [1.807, 2.05) is 27.7 Å². The number of nitrogens with zero attached hydrogens (tertiary/aromatic N) is 3. The molecule has 3 rings (SSSR count). The first-order valence-electron chi connectivity index (χ1n) is 6.92. The summed E-state index contributed by atoms with van der Waals surface area (Å²) in [5.41, 5.74) is 7.88. The van der Waals surface area contributed by atoms with Crippen molar-refractivity contribution >= 4 is 38.8 Å². The molecule has 1 saturated heterocycles. The van der Waals surface area contributed by atoms with Gasteiger partial charge in [-0.1, -0.05) is 15.9 Å². The normalized spacial score (nSPS) is 15.9. The van der Waals surface area contributed by atoms with E-state index < -0.39 is 0 Å². The second-order valence-corrected chi connectivity index (χ2v) is 5.96. The van der Waals surface area contributed by atoms with Crippen molar-refractivity contribution in [1.29, 1.82) is 0 Å². The van der Waals surface area contributed by atoms with Crippen LogP contribution in [0.3, 0.4) is 0 Å². The van der Waals surface area contributed by atoms with Crippen molar-refractivity contribution in [1.82, 2.24) is 14.5 Å². The van der Waals surface area contributed by atoms with Gasteiger partial charge in [-0.05, 0) is 24.6 Å². The van der Waals surface area contributed by atoms with Gasteiger partial charge in [0.1, 0.15) is 6.61 Å². The fraction of sp³-hybridized carbons (Fsp3) is 0.429. The molecule has 2 N–H and O–H groups in total. The SMILES string of the molecule is Nc1nc2ccc(Br)cc2n1CCCN1CCOCC1=O. The smallest absolute Gasteiger partial charge is 0.248 e. The number of morpholine rings is 1. The first-order chi connectivity index (χ1) is 10.1. The number of ether oxygens (including phenoxy) is 1. The Balaban J connectivity index is 1.69. The third kappa shape index (κ3) is 3.03. The Bertz CT molecular complexity index is 670. The van der Waals surface area contributed by atoms with Crippen LogP contribution in [0.5, 0.6) is 0 Å². The summed E-state index contributed by atoms with van der Waals surface area (Å²) in [6, 6.07) is 5.90.